The number of aromatic nitrogens is 4. The molecule has 136 valence electrons. The summed E-state index contributed by atoms with van der Waals surface area (Å²) in [6.45, 7) is 0. The molecule has 8 heteroatoms. The van der Waals surface area contributed by atoms with E-state index < -0.39 is 5.97 Å². The third kappa shape index (κ3) is 3.75. The molecule has 0 radical (unpaired) electrons. The maximum atomic E-state index is 12.5. The van der Waals surface area contributed by atoms with Gasteiger partial charge in [0.25, 0.3) is 0 Å². The molecule has 0 spiro atoms. The Balaban J connectivity index is 1.49. The molecule has 1 aliphatic rings. The highest BCUT2D eigenvalue weighted by Crippen LogP contribution is 2.39. The summed E-state index contributed by atoms with van der Waals surface area (Å²) >= 11 is 1.18. The molecular formula is C19H16N4O3S. The summed E-state index contributed by atoms with van der Waals surface area (Å²) in [5, 5.41) is 21.1. The summed E-state index contributed by atoms with van der Waals surface area (Å²) in [7, 11) is 0. The van der Waals surface area contributed by atoms with E-state index in [1.54, 1.807) is 18.2 Å². The van der Waals surface area contributed by atoms with E-state index in [-0.39, 0.29) is 17.1 Å². The van der Waals surface area contributed by atoms with E-state index in [9.17, 15) is 14.7 Å². The van der Waals surface area contributed by atoms with Crippen LogP contribution in [0.25, 0.3) is 5.69 Å². The van der Waals surface area contributed by atoms with Gasteiger partial charge < -0.3 is 5.11 Å². The van der Waals surface area contributed by atoms with Gasteiger partial charge in [0.15, 0.2) is 5.78 Å². The second kappa shape index (κ2) is 7.32. The molecule has 3 aromatic rings. The molecule has 1 fully saturated rings. The third-order valence-corrected chi connectivity index (χ3v) is 5.34. The van der Waals surface area contributed by atoms with E-state index >= 15 is 0 Å². The van der Waals surface area contributed by atoms with Gasteiger partial charge in [-0.2, -0.15) is 4.68 Å². The monoisotopic (exact) mass is 380 g/mol. The number of hydrogen-bond acceptors (Lipinski definition) is 6. The number of carboxylic acid groups (broad SMARTS) is 1. The van der Waals surface area contributed by atoms with Crippen molar-refractivity contribution in [2.24, 2.45) is 0 Å². The van der Waals surface area contributed by atoms with Gasteiger partial charge in [-0.25, -0.2) is 4.79 Å². The van der Waals surface area contributed by atoms with Crippen LogP contribution in [-0.2, 0) is 0 Å². The van der Waals surface area contributed by atoms with Gasteiger partial charge in [0, 0.05) is 5.56 Å². The van der Waals surface area contributed by atoms with E-state index in [0.29, 0.717) is 22.3 Å². The van der Waals surface area contributed by atoms with E-state index in [1.165, 1.54) is 40.9 Å². The van der Waals surface area contributed by atoms with Gasteiger partial charge in [-0.3, -0.25) is 4.79 Å². The molecule has 1 aliphatic carbocycles. The van der Waals surface area contributed by atoms with Crippen LogP contribution in [0.15, 0.2) is 53.7 Å². The topological polar surface area (TPSA) is 98.0 Å². The molecule has 1 N–H and O–H groups in total. The minimum Gasteiger partial charge on any atom is -0.478 e. The van der Waals surface area contributed by atoms with Crippen LogP contribution >= 0.6 is 11.8 Å². The lowest BCUT2D eigenvalue weighted by Gasteiger charge is -2.07. The Morgan fingerprint density at radius 1 is 1.11 bits per heavy atom. The van der Waals surface area contributed by atoms with Crippen LogP contribution in [0.4, 0.5) is 0 Å². The number of ketones is 1. The van der Waals surface area contributed by atoms with Crippen molar-refractivity contribution in [2.45, 2.75) is 23.9 Å². The Labute approximate surface area is 159 Å². The average molecular weight is 380 g/mol. The van der Waals surface area contributed by atoms with Gasteiger partial charge >= 0.3 is 5.97 Å². The number of rotatable bonds is 7. The number of Topliss-reactive ketones (excluding diaryl/α,β-unsaturated/α-hetero) is 1. The molecule has 4 rings (SSSR count). The molecule has 0 saturated heterocycles. The first-order chi connectivity index (χ1) is 13.1. The Bertz CT molecular complexity index is 996. The van der Waals surface area contributed by atoms with Gasteiger partial charge in [-0.15, -0.1) is 5.10 Å². The lowest BCUT2D eigenvalue weighted by atomic mass is 10.1. The van der Waals surface area contributed by atoms with Crippen molar-refractivity contribution in [3.05, 3.63) is 65.2 Å². The lowest BCUT2D eigenvalue weighted by Crippen LogP contribution is -2.09. The summed E-state index contributed by atoms with van der Waals surface area (Å²) in [4.78, 5) is 23.9. The first-order valence-electron chi connectivity index (χ1n) is 8.50. The summed E-state index contributed by atoms with van der Waals surface area (Å²) in [6, 6.07) is 14.2. The van der Waals surface area contributed by atoms with Gasteiger partial charge in [0.2, 0.25) is 5.16 Å². The number of tetrazole rings is 1. The van der Waals surface area contributed by atoms with Crippen LogP contribution in [0.3, 0.4) is 0 Å². The Kier molecular flexibility index (Phi) is 4.72. The van der Waals surface area contributed by atoms with E-state index in [2.05, 4.69) is 15.5 Å². The number of para-hydroxylation sites is 1. The minimum atomic E-state index is -1.07. The SMILES string of the molecule is O=C(CSc1nnnn1-c1ccccc1C(=O)O)c1ccc(C2CC2)cc1. The van der Waals surface area contributed by atoms with Crippen molar-refractivity contribution in [3.8, 4) is 5.69 Å². The molecule has 1 aromatic heterocycles. The Hall–Kier alpha value is -3.00. The first-order valence-corrected chi connectivity index (χ1v) is 9.49. The highest BCUT2D eigenvalue weighted by Gasteiger charge is 2.23. The number of benzene rings is 2. The molecule has 0 bridgehead atoms. The largest absolute Gasteiger partial charge is 0.478 e. The van der Waals surface area contributed by atoms with Crippen LogP contribution in [0, 0.1) is 0 Å². The number of nitrogens with zero attached hydrogens (tertiary/aromatic N) is 4. The van der Waals surface area contributed by atoms with Gasteiger partial charge in [0.1, 0.15) is 0 Å². The van der Waals surface area contributed by atoms with Gasteiger partial charge in [-0.05, 0) is 46.9 Å². The number of hydrogen-bond donors (Lipinski definition) is 1. The molecular weight excluding hydrogens is 364 g/mol. The lowest BCUT2D eigenvalue weighted by molar-refractivity contribution is 0.0696. The van der Waals surface area contributed by atoms with Crippen LogP contribution in [0.5, 0.6) is 0 Å². The second-order valence-corrected chi connectivity index (χ2v) is 7.25. The van der Waals surface area contributed by atoms with Gasteiger partial charge in [-0.1, -0.05) is 48.2 Å². The molecule has 0 unspecified atom stereocenters. The zero-order valence-corrected chi connectivity index (χ0v) is 15.1. The molecule has 27 heavy (non-hydrogen) atoms. The first kappa shape index (κ1) is 17.4. The minimum absolute atomic E-state index is 0.0246. The van der Waals surface area contributed by atoms with Crippen molar-refractivity contribution < 1.29 is 14.7 Å². The maximum Gasteiger partial charge on any atom is 0.337 e. The molecule has 0 amide bonds. The number of thioether (sulfide) groups is 1. The van der Waals surface area contributed by atoms with Crippen LogP contribution in [0.1, 0.15) is 45.0 Å². The van der Waals surface area contributed by atoms with Crippen LogP contribution in [-0.4, -0.2) is 42.8 Å². The summed E-state index contributed by atoms with van der Waals surface area (Å²) < 4.78 is 1.34. The van der Waals surface area contributed by atoms with Crippen molar-refractivity contribution >= 4 is 23.5 Å². The Morgan fingerprint density at radius 3 is 2.56 bits per heavy atom. The van der Waals surface area contributed by atoms with Gasteiger partial charge in [0.05, 0.1) is 17.0 Å². The zero-order chi connectivity index (χ0) is 18.8. The number of carboxylic acids is 1. The average Bonchev–Trinajstić information content (AvgIpc) is 3.44. The van der Waals surface area contributed by atoms with Crippen molar-refractivity contribution in [1.29, 1.82) is 0 Å². The summed E-state index contributed by atoms with van der Waals surface area (Å²) in [5.74, 6) is -0.270. The number of aromatic carboxylic acids is 1. The fourth-order valence-corrected chi connectivity index (χ4v) is 3.61. The van der Waals surface area contributed by atoms with Crippen LogP contribution in [0.2, 0.25) is 0 Å². The second-order valence-electron chi connectivity index (χ2n) is 6.30. The molecule has 2 aromatic carbocycles. The smallest absolute Gasteiger partial charge is 0.337 e. The molecule has 0 aliphatic heterocycles. The molecule has 7 nitrogen and oxygen atoms in total. The van der Waals surface area contributed by atoms with Crippen LogP contribution < -0.4 is 0 Å². The third-order valence-electron chi connectivity index (χ3n) is 4.42. The maximum absolute atomic E-state index is 12.5. The number of carbonyl (C=O) groups is 2. The number of carbonyl (C=O) groups excluding carboxylic acids is 1. The molecule has 1 heterocycles. The van der Waals surface area contributed by atoms with E-state index in [1.807, 2.05) is 24.3 Å². The molecule has 1 saturated carbocycles. The predicted molar refractivity (Wildman–Crippen MR) is 99.6 cm³/mol. The fourth-order valence-electron chi connectivity index (χ4n) is 2.83. The van der Waals surface area contributed by atoms with Crippen molar-refractivity contribution in [1.82, 2.24) is 20.2 Å². The zero-order valence-electron chi connectivity index (χ0n) is 14.3. The fraction of sp³-hybridized carbons (Fsp3) is 0.211. The quantitative estimate of drug-likeness (QED) is 0.496. The van der Waals surface area contributed by atoms with Crippen molar-refractivity contribution in [3.63, 3.8) is 0 Å². The molecule has 0 atom stereocenters. The van der Waals surface area contributed by atoms with E-state index in [4.69, 9.17) is 0 Å². The highest BCUT2D eigenvalue weighted by atomic mass is 32.2. The highest BCUT2D eigenvalue weighted by molar-refractivity contribution is 7.99. The Morgan fingerprint density at radius 2 is 1.85 bits per heavy atom. The standard InChI is InChI=1S/C19H16N4O3S/c24-17(14-9-7-13(8-10-14)12-5-6-12)11-27-19-20-21-22-23(19)16-4-2-1-3-15(16)18(25)26/h1-4,7-10,12H,5-6,11H2,(H,25,26). The predicted octanol–water partition coefficient (Wildman–Crippen LogP) is 3.21. The summed E-state index contributed by atoms with van der Waals surface area (Å²) in [5.41, 5.74) is 2.39. The van der Waals surface area contributed by atoms with Crippen molar-refractivity contribution in [2.75, 3.05) is 5.75 Å². The summed E-state index contributed by atoms with van der Waals surface area (Å²) in [6.07, 6.45) is 2.45. The normalized spacial score (nSPS) is 13.5. The van der Waals surface area contributed by atoms with E-state index in [0.717, 1.165) is 0 Å².